The van der Waals surface area contributed by atoms with E-state index in [1.807, 2.05) is 57.2 Å². The van der Waals surface area contributed by atoms with Crippen molar-refractivity contribution in [1.82, 2.24) is 9.66 Å². The summed E-state index contributed by atoms with van der Waals surface area (Å²) in [4.78, 5) is 18.0. The molecule has 5 nitrogen and oxygen atoms in total. The van der Waals surface area contributed by atoms with Gasteiger partial charge in [-0.2, -0.15) is 9.78 Å². The van der Waals surface area contributed by atoms with Crippen LogP contribution in [0.5, 0.6) is 5.75 Å². The fourth-order valence-electron chi connectivity index (χ4n) is 3.37. The molecule has 1 heterocycles. The molecule has 3 aromatic carbocycles. The van der Waals surface area contributed by atoms with Crippen LogP contribution >= 0.6 is 38.5 Å². The maximum absolute atomic E-state index is 13.4. The van der Waals surface area contributed by atoms with E-state index in [1.54, 1.807) is 18.3 Å². The summed E-state index contributed by atoms with van der Waals surface area (Å²) in [6.45, 7) is 6.27. The lowest BCUT2D eigenvalue weighted by molar-refractivity contribution is 0.303. The molecule has 0 amide bonds. The molecule has 0 aliphatic carbocycles. The molecule has 0 N–H and O–H groups in total. The molecular formula is C26H22BrFIN3O2. The number of halogens is 3. The molecule has 4 aromatic rings. The van der Waals surface area contributed by atoms with Crippen molar-refractivity contribution in [2.75, 3.05) is 0 Å². The lowest BCUT2D eigenvalue weighted by Crippen LogP contribution is -2.29. The molecule has 4 rings (SSSR count). The Morgan fingerprint density at radius 1 is 1.15 bits per heavy atom. The highest BCUT2D eigenvalue weighted by Crippen LogP contribution is 2.24. The summed E-state index contributed by atoms with van der Waals surface area (Å²) < 4.78 is 22.3. The van der Waals surface area contributed by atoms with Crippen LogP contribution < -0.4 is 10.3 Å². The molecule has 34 heavy (non-hydrogen) atoms. The molecule has 0 radical (unpaired) electrons. The van der Waals surface area contributed by atoms with Crippen molar-refractivity contribution in [2.24, 2.45) is 5.10 Å². The van der Waals surface area contributed by atoms with Gasteiger partial charge < -0.3 is 4.74 Å². The number of nitrogens with zero attached hydrogens (tertiary/aromatic N) is 3. The van der Waals surface area contributed by atoms with Crippen molar-refractivity contribution in [3.63, 3.8) is 0 Å². The first-order valence-corrected chi connectivity index (χ1v) is 12.4. The van der Waals surface area contributed by atoms with Gasteiger partial charge in [0.15, 0.2) is 0 Å². The van der Waals surface area contributed by atoms with Gasteiger partial charge in [-0.1, -0.05) is 48.8 Å². The Hall–Kier alpha value is -2.59. The summed E-state index contributed by atoms with van der Waals surface area (Å²) in [5, 5.41) is 5.01. The second-order valence-electron chi connectivity index (χ2n) is 8.82. The predicted molar refractivity (Wildman–Crippen MR) is 145 cm³/mol. The highest BCUT2D eigenvalue weighted by atomic mass is 127. The second-order valence-corrected chi connectivity index (χ2v) is 10.9. The first-order chi connectivity index (χ1) is 16.1. The minimum absolute atomic E-state index is 0.225. The van der Waals surface area contributed by atoms with Crippen LogP contribution in [-0.4, -0.2) is 15.9 Å². The zero-order valence-electron chi connectivity index (χ0n) is 18.8. The summed E-state index contributed by atoms with van der Waals surface area (Å²) in [6.07, 6.45) is 1.64. The topological polar surface area (TPSA) is 56.5 Å². The Kier molecular flexibility index (Phi) is 7.18. The van der Waals surface area contributed by atoms with Crippen molar-refractivity contribution in [2.45, 2.75) is 32.8 Å². The van der Waals surface area contributed by atoms with Gasteiger partial charge in [-0.05, 0) is 82.2 Å². The standard InChI is InChI=1S/C26H22BrFIN3O2/c1-26(2,3)25-31-22-9-8-18(27)13-20(22)24(33)32(25)30-14-16-7-10-23(21(29)12-16)34-15-17-5-4-6-19(28)11-17/h4-14H,15H2,1-3H3. The third-order valence-electron chi connectivity index (χ3n) is 5.04. The summed E-state index contributed by atoms with van der Waals surface area (Å²) in [6, 6.07) is 17.4. The number of hydrogen-bond acceptors (Lipinski definition) is 4. The lowest BCUT2D eigenvalue weighted by atomic mass is 9.95. The molecule has 0 unspecified atom stereocenters. The van der Waals surface area contributed by atoms with Crippen LogP contribution in [0.15, 0.2) is 75.0 Å². The number of hydrogen-bond donors (Lipinski definition) is 0. The molecule has 0 spiro atoms. The number of benzene rings is 3. The van der Waals surface area contributed by atoms with E-state index in [0.717, 1.165) is 19.2 Å². The zero-order chi connectivity index (χ0) is 24.5. The Morgan fingerprint density at radius 3 is 2.65 bits per heavy atom. The maximum Gasteiger partial charge on any atom is 0.282 e. The van der Waals surface area contributed by atoms with Crippen LogP contribution in [0.25, 0.3) is 10.9 Å². The largest absolute Gasteiger partial charge is 0.488 e. The Labute approximate surface area is 219 Å². The Balaban J connectivity index is 1.64. The van der Waals surface area contributed by atoms with Crippen LogP contribution in [-0.2, 0) is 12.0 Å². The summed E-state index contributed by atoms with van der Waals surface area (Å²) >= 11 is 5.61. The summed E-state index contributed by atoms with van der Waals surface area (Å²) in [5.74, 6) is 0.975. The first kappa shape index (κ1) is 24.5. The maximum atomic E-state index is 13.4. The van der Waals surface area contributed by atoms with Crippen molar-refractivity contribution in [1.29, 1.82) is 0 Å². The third-order valence-corrected chi connectivity index (χ3v) is 6.38. The minimum atomic E-state index is -0.388. The van der Waals surface area contributed by atoms with Crippen LogP contribution in [0.1, 0.15) is 37.7 Å². The SMILES string of the molecule is CC(C)(C)c1nc2ccc(Br)cc2c(=O)n1N=Cc1ccc(OCc2cccc(F)c2)c(I)c1. The van der Waals surface area contributed by atoms with Crippen LogP contribution in [0.2, 0.25) is 0 Å². The van der Waals surface area contributed by atoms with Gasteiger partial charge in [0, 0.05) is 9.89 Å². The lowest BCUT2D eigenvalue weighted by Gasteiger charge is -2.20. The molecule has 0 fully saturated rings. The van der Waals surface area contributed by atoms with Gasteiger partial charge in [0.2, 0.25) is 0 Å². The highest BCUT2D eigenvalue weighted by molar-refractivity contribution is 14.1. The van der Waals surface area contributed by atoms with E-state index in [1.165, 1.54) is 16.8 Å². The molecule has 174 valence electrons. The number of aromatic nitrogens is 2. The summed E-state index contributed by atoms with van der Waals surface area (Å²) in [7, 11) is 0. The van der Waals surface area contributed by atoms with Crippen molar-refractivity contribution >= 4 is 55.6 Å². The van der Waals surface area contributed by atoms with Gasteiger partial charge in [0.1, 0.15) is 24.0 Å². The monoisotopic (exact) mass is 633 g/mol. The van der Waals surface area contributed by atoms with Crippen LogP contribution in [0.4, 0.5) is 4.39 Å². The van der Waals surface area contributed by atoms with Gasteiger partial charge in [0.25, 0.3) is 5.56 Å². The molecule has 0 aliphatic heterocycles. The van der Waals surface area contributed by atoms with Gasteiger partial charge in [-0.3, -0.25) is 4.79 Å². The van der Waals surface area contributed by atoms with E-state index in [4.69, 9.17) is 9.72 Å². The highest BCUT2D eigenvalue weighted by Gasteiger charge is 2.22. The number of rotatable bonds is 5. The van der Waals surface area contributed by atoms with E-state index in [9.17, 15) is 9.18 Å². The van der Waals surface area contributed by atoms with Crippen molar-refractivity contribution < 1.29 is 9.13 Å². The fourth-order valence-corrected chi connectivity index (χ4v) is 4.42. The molecule has 0 atom stereocenters. The Morgan fingerprint density at radius 2 is 1.94 bits per heavy atom. The minimum Gasteiger partial charge on any atom is -0.488 e. The third kappa shape index (κ3) is 5.55. The quantitative estimate of drug-likeness (QED) is 0.182. The Bertz CT molecular complexity index is 1460. The van der Waals surface area contributed by atoms with Crippen molar-refractivity contribution in [3.8, 4) is 5.75 Å². The molecule has 1 aromatic heterocycles. The van der Waals surface area contributed by atoms with E-state index in [0.29, 0.717) is 22.5 Å². The second kappa shape index (κ2) is 9.95. The predicted octanol–water partition coefficient (Wildman–Crippen LogP) is 6.66. The number of fused-ring (bicyclic) bond motifs is 1. The molecule has 0 bridgehead atoms. The molecule has 0 saturated heterocycles. The molecule has 0 aliphatic rings. The normalized spacial score (nSPS) is 11.9. The van der Waals surface area contributed by atoms with Crippen LogP contribution in [0, 0.1) is 9.39 Å². The fraction of sp³-hybridized carbons (Fsp3) is 0.192. The smallest absolute Gasteiger partial charge is 0.282 e. The van der Waals surface area contributed by atoms with E-state index in [2.05, 4.69) is 43.6 Å². The van der Waals surface area contributed by atoms with Gasteiger partial charge in [0.05, 0.1) is 20.7 Å². The molecule has 8 heteroatoms. The average Bonchev–Trinajstić information content (AvgIpc) is 2.77. The van der Waals surface area contributed by atoms with E-state index in [-0.39, 0.29) is 23.4 Å². The first-order valence-electron chi connectivity index (χ1n) is 10.6. The van der Waals surface area contributed by atoms with Crippen LogP contribution in [0.3, 0.4) is 0 Å². The molecule has 0 saturated carbocycles. The average molecular weight is 634 g/mol. The van der Waals surface area contributed by atoms with Gasteiger partial charge >= 0.3 is 0 Å². The van der Waals surface area contributed by atoms with Gasteiger partial charge in [-0.25, -0.2) is 9.37 Å². The van der Waals surface area contributed by atoms with Crippen molar-refractivity contribution in [3.05, 3.63) is 102 Å². The van der Waals surface area contributed by atoms with Gasteiger partial charge in [-0.15, -0.1) is 0 Å². The van der Waals surface area contributed by atoms with E-state index < -0.39 is 0 Å². The zero-order valence-corrected chi connectivity index (χ0v) is 22.6. The number of ether oxygens (including phenoxy) is 1. The molecular weight excluding hydrogens is 612 g/mol. The summed E-state index contributed by atoms with van der Waals surface area (Å²) in [5.41, 5.74) is 1.59. The van der Waals surface area contributed by atoms with E-state index >= 15 is 0 Å².